The molecule has 0 aliphatic carbocycles. The third kappa shape index (κ3) is 7.37. The van der Waals surface area contributed by atoms with Crippen LogP contribution in [0.25, 0.3) is 21.1 Å². The minimum absolute atomic E-state index is 0.856. The van der Waals surface area contributed by atoms with E-state index >= 15 is 0 Å². The van der Waals surface area contributed by atoms with Crippen molar-refractivity contribution in [2.45, 2.75) is 0 Å². The van der Waals surface area contributed by atoms with Crippen molar-refractivity contribution in [2.24, 2.45) is 0 Å². The zero-order valence-electron chi connectivity index (χ0n) is 13.6. The van der Waals surface area contributed by atoms with Crippen LogP contribution in [0.2, 0.25) is 0 Å². The minimum atomic E-state index is -2.61. The first-order chi connectivity index (χ1) is 12.3. The second-order valence-electron chi connectivity index (χ2n) is 4.65. The number of hydrogen-bond acceptors (Lipinski definition) is 4. The fraction of sp³-hybridized carbons (Fsp3) is 0.125. The molecule has 3 nitrogen and oxygen atoms in total. The molecule has 1 heterocycles. The van der Waals surface area contributed by atoms with Gasteiger partial charge in [0.1, 0.15) is 11.5 Å². The van der Waals surface area contributed by atoms with Crippen LogP contribution in [0.5, 0.6) is 11.5 Å². The van der Waals surface area contributed by atoms with Crippen molar-refractivity contribution in [3.63, 3.8) is 0 Å². The van der Waals surface area contributed by atoms with Gasteiger partial charge in [-0.25, -0.2) is 0 Å². The van der Waals surface area contributed by atoms with Gasteiger partial charge in [-0.2, -0.15) is 4.98 Å². The van der Waals surface area contributed by atoms with Crippen LogP contribution in [-0.2, 0) is 9.20 Å². The Kier molecular flexibility index (Phi) is 8.71. The summed E-state index contributed by atoms with van der Waals surface area (Å²) < 4.78 is 10.4. The number of methoxy groups -OCH3 is 2. The molecule has 0 aliphatic heterocycles. The van der Waals surface area contributed by atoms with E-state index in [0.29, 0.717) is 0 Å². The Hall–Kier alpha value is -0.301. The summed E-state index contributed by atoms with van der Waals surface area (Å²) >= 11 is 0. The molecular formula is C16H14Cl4FeNO2S2. The number of rotatable bonds is 4. The molecule has 0 fully saturated rings. The zero-order valence-corrected chi connectivity index (χ0v) is 19.3. The van der Waals surface area contributed by atoms with Gasteiger partial charge in [-0.1, -0.05) is 0 Å². The Labute approximate surface area is 178 Å². The molecule has 0 radical (unpaired) electrons. The number of aromatic nitrogens is 1. The molecule has 0 aliphatic rings. The fourth-order valence-corrected chi connectivity index (χ4v) is 4.11. The summed E-state index contributed by atoms with van der Waals surface area (Å²) in [6, 6.07) is 15.9. The van der Waals surface area contributed by atoms with Gasteiger partial charge in [0.15, 0.2) is 15.3 Å². The summed E-state index contributed by atoms with van der Waals surface area (Å²) in [5.74, 6) is 1.71. The number of ether oxygens (including phenoxy) is 2. The summed E-state index contributed by atoms with van der Waals surface area (Å²) in [5, 5.41) is 2.04. The number of benzene rings is 2. The molecule has 143 valence electrons. The number of halogens is 4. The Morgan fingerprint density at radius 3 is 1.65 bits per heavy atom. The van der Waals surface area contributed by atoms with E-state index in [1.54, 1.807) is 34.9 Å². The summed E-state index contributed by atoms with van der Waals surface area (Å²) in [4.78, 5) is 4.72. The van der Waals surface area contributed by atoms with Crippen molar-refractivity contribution in [3.8, 4) is 32.6 Å². The average Bonchev–Trinajstić information content (AvgIpc) is 3.10. The first kappa shape index (κ1) is 22.0. The van der Waals surface area contributed by atoms with Gasteiger partial charge in [0.2, 0.25) is 0 Å². The van der Waals surface area contributed by atoms with Crippen LogP contribution in [0, 0.1) is 0 Å². The molecule has 0 atom stereocenters. The standard InChI is InChI=1S/C16H14NO2S2.4ClH.Fe/c1-18-13-7-3-11(4-8-13)15-17-16(21-20-15)12-5-9-14(19-2)10-6-12;;;;;/h3-10H,1-2H3;4*1H;/q+1;;;;;+3/p-4. The first-order valence-electron chi connectivity index (χ1n) is 6.92. The van der Waals surface area contributed by atoms with E-state index < -0.39 is 9.20 Å². The van der Waals surface area contributed by atoms with E-state index in [0.717, 1.165) is 32.6 Å². The van der Waals surface area contributed by atoms with E-state index in [-0.39, 0.29) is 0 Å². The molecular weight excluding hydrogens is 500 g/mol. The molecule has 0 unspecified atom stereocenters. The quantitative estimate of drug-likeness (QED) is 0.204. The molecule has 0 amide bonds. The predicted octanol–water partition coefficient (Wildman–Crippen LogP) is 7.59. The van der Waals surface area contributed by atoms with E-state index in [4.69, 9.17) is 54.8 Å². The first-order valence-corrected chi connectivity index (χ1v) is 15.2. The number of hydrogen-bond donors (Lipinski definition) is 0. The normalized spacial score (nSPS) is 11.3. The Balaban J connectivity index is 0.000000431. The monoisotopic (exact) mass is 512 g/mol. The Morgan fingerprint density at radius 2 is 1.23 bits per heavy atom. The van der Waals surface area contributed by atoms with Gasteiger partial charge in [-0.15, -0.1) is 0 Å². The molecule has 10 heteroatoms. The second-order valence-corrected chi connectivity index (χ2v) is 17.7. The van der Waals surface area contributed by atoms with Crippen LogP contribution in [0.3, 0.4) is 0 Å². The van der Waals surface area contributed by atoms with Gasteiger partial charge in [-0.3, -0.25) is 0 Å². The van der Waals surface area contributed by atoms with Gasteiger partial charge < -0.3 is 9.47 Å². The van der Waals surface area contributed by atoms with Crippen LogP contribution in [0.1, 0.15) is 0 Å². The van der Waals surface area contributed by atoms with Crippen molar-refractivity contribution in [3.05, 3.63) is 48.5 Å². The van der Waals surface area contributed by atoms with Crippen molar-refractivity contribution in [1.29, 1.82) is 0 Å². The van der Waals surface area contributed by atoms with Crippen molar-refractivity contribution >= 4 is 61.1 Å². The average molecular weight is 514 g/mol. The van der Waals surface area contributed by atoms with Crippen LogP contribution >= 0.6 is 61.1 Å². The van der Waals surface area contributed by atoms with E-state index in [9.17, 15) is 0 Å². The molecule has 0 N–H and O–H groups in total. The summed E-state index contributed by atoms with van der Waals surface area (Å²) in [5.41, 5.74) is 2.22. The number of nitrogens with zero attached hydrogens (tertiary/aromatic N) is 1. The summed E-state index contributed by atoms with van der Waals surface area (Å²) in [6.07, 6.45) is 0. The molecule has 1 aromatic heterocycles. The fourth-order valence-electron chi connectivity index (χ4n) is 1.90. The van der Waals surface area contributed by atoms with Gasteiger partial charge in [0.05, 0.1) is 19.8 Å². The summed E-state index contributed by atoms with van der Waals surface area (Å²) in [7, 11) is 23.9. The predicted molar refractivity (Wildman–Crippen MR) is 112 cm³/mol. The van der Waals surface area contributed by atoms with Crippen molar-refractivity contribution in [1.82, 2.24) is 4.98 Å². The molecule has 0 saturated heterocycles. The van der Waals surface area contributed by atoms with E-state index in [1.807, 2.05) is 48.5 Å². The van der Waals surface area contributed by atoms with E-state index in [1.165, 1.54) is 0 Å². The van der Waals surface area contributed by atoms with Gasteiger partial charge in [0, 0.05) is 5.56 Å². The topological polar surface area (TPSA) is 31.4 Å². The van der Waals surface area contributed by atoms with E-state index in [2.05, 4.69) is 0 Å². The van der Waals surface area contributed by atoms with Crippen molar-refractivity contribution in [2.75, 3.05) is 14.2 Å². The second kappa shape index (κ2) is 10.3. The van der Waals surface area contributed by atoms with Crippen LogP contribution in [0.4, 0.5) is 0 Å². The summed E-state index contributed by atoms with van der Waals surface area (Å²) in [6.45, 7) is 0. The maximum atomic E-state index is 5.18. The molecule has 0 saturated carbocycles. The van der Waals surface area contributed by atoms with Crippen LogP contribution in [0.15, 0.2) is 48.5 Å². The van der Waals surface area contributed by atoms with Gasteiger partial charge in [-0.05, 0) is 48.5 Å². The van der Waals surface area contributed by atoms with Gasteiger partial charge >= 0.3 is 64.9 Å². The van der Waals surface area contributed by atoms with Crippen LogP contribution < -0.4 is 9.47 Å². The molecule has 2 aromatic carbocycles. The Morgan fingerprint density at radius 1 is 0.808 bits per heavy atom. The third-order valence-electron chi connectivity index (χ3n) is 3.08. The molecule has 26 heavy (non-hydrogen) atoms. The maximum absolute atomic E-state index is 5.18. The van der Waals surface area contributed by atoms with Crippen LogP contribution in [-0.4, -0.2) is 19.2 Å². The molecule has 3 rings (SSSR count). The molecule has 0 spiro atoms. The van der Waals surface area contributed by atoms with Gasteiger partial charge in [0.25, 0.3) is 0 Å². The Bertz CT molecular complexity index is 756. The third-order valence-corrected chi connectivity index (χ3v) is 5.33. The molecule has 3 aromatic rings. The van der Waals surface area contributed by atoms with Crippen molar-refractivity contribution < 1.29 is 18.7 Å². The zero-order chi connectivity index (χ0) is 19.2. The SMILES string of the molecule is COc1ccc(-c2nc(-c3ccc(OC)cc3)[s+]s2)cc1.[Cl][Fe-]([Cl])([Cl])[Cl]. The molecule has 0 bridgehead atoms.